The molecule has 0 fully saturated rings. The number of hydrogen-bond acceptors (Lipinski definition) is 5. The number of esters is 1. The normalized spacial score (nSPS) is 11.6. The van der Waals surface area contributed by atoms with Gasteiger partial charge >= 0.3 is 5.97 Å². The molecule has 0 unspecified atom stereocenters. The molecule has 0 atom stereocenters. The topological polar surface area (TPSA) is 80.8 Å². The van der Waals surface area contributed by atoms with Crippen molar-refractivity contribution in [3.63, 3.8) is 0 Å². The first-order valence-electron chi connectivity index (χ1n) is 10.2. The number of carbonyl (C=O) groups excluding carboxylic acids is 1. The Hall–Kier alpha value is -2.94. The van der Waals surface area contributed by atoms with Crippen molar-refractivity contribution in [1.29, 1.82) is 5.26 Å². The summed E-state index contributed by atoms with van der Waals surface area (Å²) in [5.41, 5.74) is 3.37. The lowest BCUT2D eigenvalue weighted by Gasteiger charge is -2.29. The van der Waals surface area contributed by atoms with Crippen LogP contribution in [-0.4, -0.2) is 27.3 Å². The first kappa shape index (κ1) is 22.4. The molecule has 6 nitrogen and oxygen atoms in total. The standard InChI is InChI=1S/C23H30N4O2/c1-6-10-11-19-17(5)25-15-20(22(28)29-9-4)21(19)18-14-26-27(16-18)23(7-2,8-3)12-13-24/h10-11,14-16H,6-9,12H2,1-5H3/b11-10-. The first-order chi connectivity index (χ1) is 14.0. The third kappa shape index (κ3) is 4.56. The van der Waals surface area contributed by atoms with Crippen molar-refractivity contribution < 1.29 is 9.53 Å². The van der Waals surface area contributed by atoms with Crippen LogP contribution in [0.25, 0.3) is 17.2 Å². The van der Waals surface area contributed by atoms with E-state index in [1.807, 2.05) is 30.0 Å². The molecule has 0 aliphatic heterocycles. The molecular weight excluding hydrogens is 364 g/mol. The summed E-state index contributed by atoms with van der Waals surface area (Å²) in [6, 6.07) is 2.30. The van der Waals surface area contributed by atoms with Gasteiger partial charge in [0.05, 0.1) is 36.4 Å². The lowest BCUT2D eigenvalue weighted by Crippen LogP contribution is -2.32. The van der Waals surface area contributed by atoms with Crippen LogP contribution in [-0.2, 0) is 10.3 Å². The van der Waals surface area contributed by atoms with Crippen LogP contribution in [0.1, 0.15) is 75.0 Å². The average molecular weight is 395 g/mol. The summed E-state index contributed by atoms with van der Waals surface area (Å²) in [7, 11) is 0. The predicted molar refractivity (Wildman–Crippen MR) is 114 cm³/mol. The number of pyridine rings is 1. The second kappa shape index (κ2) is 10.0. The Labute approximate surface area is 173 Å². The molecule has 2 heterocycles. The minimum absolute atomic E-state index is 0.294. The Kier molecular flexibility index (Phi) is 7.72. The zero-order valence-corrected chi connectivity index (χ0v) is 18.0. The minimum Gasteiger partial charge on any atom is -0.462 e. The number of allylic oxidation sites excluding steroid dienone is 1. The van der Waals surface area contributed by atoms with Crippen LogP contribution in [0.4, 0.5) is 0 Å². The van der Waals surface area contributed by atoms with Crippen LogP contribution >= 0.6 is 0 Å². The summed E-state index contributed by atoms with van der Waals surface area (Å²) in [4.78, 5) is 17.1. The zero-order valence-electron chi connectivity index (χ0n) is 18.0. The molecule has 154 valence electrons. The number of rotatable bonds is 9. The molecule has 0 radical (unpaired) electrons. The molecular formula is C23H30N4O2. The fourth-order valence-corrected chi connectivity index (χ4v) is 3.50. The molecule has 2 rings (SSSR count). The number of aromatic nitrogens is 3. The van der Waals surface area contributed by atoms with Gasteiger partial charge in [0, 0.05) is 34.8 Å². The van der Waals surface area contributed by atoms with Gasteiger partial charge in [0.2, 0.25) is 0 Å². The van der Waals surface area contributed by atoms with Crippen molar-refractivity contribution >= 4 is 12.0 Å². The molecule has 0 spiro atoms. The van der Waals surface area contributed by atoms with Crippen LogP contribution < -0.4 is 0 Å². The highest BCUT2D eigenvalue weighted by molar-refractivity contribution is 5.99. The van der Waals surface area contributed by atoms with E-state index in [0.717, 1.165) is 41.6 Å². The molecule has 0 saturated heterocycles. The maximum Gasteiger partial charge on any atom is 0.340 e. The zero-order chi connectivity index (χ0) is 21.4. The van der Waals surface area contributed by atoms with E-state index in [0.29, 0.717) is 18.6 Å². The van der Waals surface area contributed by atoms with E-state index < -0.39 is 5.97 Å². The Balaban J connectivity index is 2.71. The summed E-state index contributed by atoms with van der Waals surface area (Å²) in [5.74, 6) is -0.400. The van der Waals surface area contributed by atoms with Crippen molar-refractivity contribution in [3.8, 4) is 17.2 Å². The van der Waals surface area contributed by atoms with Crippen LogP contribution in [0.5, 0.6) is 0 Å². The lowest BCUT2D eigenvalue weighted by molar-refractivity contribution is 0.0526. The highest BCUT2D eigenvalue weighted by Gasteiger charge is 2.30. The lowest BCUT2D eigenvalue weighted by atomic mass is 9.89. The van der Waals surface area contributed by atoms with E-state index in [1.165, 1.54) is 0 Å². The molecule has 6 heteroatoms. The van der Waals surface area contributed by atoms with Crippen LogP contribution in [0, 0.1) is 18.3 Å². The average Bonchev–Trinajstić information content (AvgIpc) is 3.21. The van der Waals surface area contributed by atoms with Crippen LogP contribution in [0.3, 0.4) is 0 Å². The molecule has 0 aliphatic rings. The number of hydrogen-bond donors (Lipinski definition) is 0. The Morgan fingerprint density at radius 3 is 2.59 bits per heavy atom. The van der Waals surface area contributed by atoms with Gasteiger partial charge < -0.3 is 4.74 Å². The molecule has 0 aliphatic carbocycles. The van der Waals surface area contributed by atoms with Crippen molar-refractivity contribution in [2.24, 2.45) is 0 Å². The summed E-state index contributed by atoms with van der Waals surface area (Å²) in [6.45, 7) is 10.2. The minimum atomic E-state index is -0.400. The molecule has 2 aromatic rings. The third-order valence-corrected chi connectivity index (χ3v) is 5.41. The number of nitrogens with zero attached hydrogens (tertiary/aromatic N) is 4. The van der Waals surface area contributed by atoms with E-state index in [2.05, 4.69) is 36.9 Å². The molecule has 0 bridgehead atoms. The number of carbonyl (C=O) groups is 1. The fourth-order valence-electron chi connectivity index (χ4n) is 3.50. The maximum atomic E-state index is 12.6. The molecule has 2 aromatic heterocycles. The quantitative estimate of drug-likeness (QED) is 0.540. The predicted octanol–water partition coefficient (Wildman–Crippen LogP) is 5.28. The van der Waals surface area contributed by atoms with E-state index in [1.54, 1.807) is 19.3 Å². The van der Waals surface area contributed by atoms with Gasteiger partial charge in [-0.3, -0.25) is 9.67 Å². The summed E-state index contributed by atoms with van der Waals surface area (Å²) in [6.07, 6.45) is 12.2. The first-order valence-corrected chi connectivity index (χ1v) is 10.2. The highest BCUT2D eigenvalue weighted by Crippen LogP contribution is 2.34. The second-order valence-electron chi connectivity index (χ2n) is 7.02. The summed E-state index contributed by atoms with van der Waals surface area (Å²) >= 11 is 0. The Morgan fingerprint density at radius 1 is 1.28 bits per heavy atom. The Bertz CT molecular complexity index is 917. The monoisotopic (exact) mass is 394 g/mol. The van der Waals surface area contributed by atoms with Crippen LogP contribution in [0.15, 0.2) is 24.7 Å². The molecule has 0 amide bonds. The molecule has 0 aromatic carbocycles. The third-order valence-electron chi connectivity index (χ3n) is 5.41. The van der Waals surface area contributed by atoms with E-state index in [4.69, 9.17) is 4.74 Å². The van der Waals surface area contributed by atoms with Gasteiger partial charge in [0.15, 0.2) is 0 Å². The second-order valence-corrected chi connectivity index (χ2v) is 7.02. The smallest absolute Gasteiger partial charge is 0.340 e. The van der Waals surface area contributed by atoms with Crippen LogP contribution in [0.2, 0.25) is 0 Å². The van der Waals surface area contributed by atoms with Gasteiger partial charge in [-0.15, -0.1) is 0 Å². The molecule has 0 N–H and O–H groups in total. The summed E-state index contributed by atoms with van der Waals surface area (Å²) < 4.78 is 7.15. The van der Waals surface area contributed by atoms with Gasteiger partial charge in [0.1, 0.15) is 0 Å². The van der Waals surface area contributed by atoms with Crippen molar-refractivity contribution in [1.82, 2.24) is 14.8 Å². The maximum absolute atomic E-state index is 12.6. The Morgan fingerprint density at radius 2 is 2.00 bits per heavy atom. The van der Waals surface area contributed by atoms with Crippen molar-refractivity contribution in [2.75, 3.05) is 6.61 Å². The van der Waals surface area contributed by atoms with Gasteiger partial charge in [-0.25, -0.2) is 4.79 Å². The van der Waals surface area contributed by atoms with Crippen molar-refractivity contribution in [2.45, 2.75) is 65.8 Å². The fraction of sp³-hybridized carbons (Fsp3) is 0.478. The highest BCUT2D eigenvalue weighted by atomic mass is 16.5. The van der Waals surface area contributed by atoms with Gasteiger partial charge in [-0.05, 0) is 33.1 Å². The van der Waals surface area contributed by atoms with E-state index >= 15 is 0 Å². The molecule has 29 heavy (non-hydrogen) atoms. The SMILES string of the molecule is CC/C=C\c1c(C)ncc(C(=O)OCC)c1-c1cnn(C(CC)(CC)CC#N)c1. The van der Waals surface area contributed by atoms with Gasteiger partial charge in [-0.1, -0.05) is 32.9 Å². The largest absolute Gasteiger partial charge is 0.462 e. The number of nitriles is 1. The van der Waals surface area contributed by atoms with Crippen molar-refractivity contribution in [3.05, 3.63) is 41.5 Å². The molecule has 0 saturated carbocycles. The van der Waals surface area contributed by atoms with E-state index in [-0.39, 0.29) is 5.54 Å². The van der Waals surface area contributed by atoms with Gasteiger partial charge in [-0.2, -0.15) is 10.4 Å². The van der Waals surface area contributed by atoms with E-state index in [9.17, 15) is 10.1 Å². The summed E-state index contributed by atoms with van der Waals surface area (Å²) in [5, 5.41) is 13.9. The number of aryl methyl sites for hydroxylation is 1. The van der Waals surface area contributed by atoms with Gasteiger partial charge in [0.25, 0.3) is 0 Å². The number of ether oxygens (including phenoxy) is 1.